The molecule has 0 aliphatic rings. The Balaban J connectivity index is 0.000000403. The van der Waals surface area contributed by atoms with Crippen LogP contribution in [0.25, 0.3) is 22.5 Å². The van der Waals surface area contributed by atoms with Crippen molar-refractivity contribution >= 4 is 40.3 Å². The summed E-state index contributed by atoms with van der Waals surface area (Å²) in [6.45, 7) is 0. The number of fused-ring (bicyclic) bond motifs is 1. The van der Waals surface area contributed by atoms with Crippen LogP contribution in [0.1, 0.15) is 0 Å². The van der Waals surface area contributed by atoms with Crippen molar-refractivity contribution < 1.29 is 21.9 Å². The number of hydrogen-bond acceptors (Lipinski definition) is 2. The number of hydrogen-bond donors (Lipinski definition) is 0. The lowest BCUT2D eigenvalue weighted by atomic mass is 10.1. The first-order valence-electron chi connectivity index (χ1n) is 7.88. The molecule has 4 aromatic rings. The van der Waals surface area contributed by atoms with E-state index in [2.05, 4.69) is 21.0 Å². The highest BCUT2D eigenvalue weighted by molar-refractivity contribution is 9.10. The van der Waals surface area contributed by atoms with Crippen molar-refractivity contribution in [2.24, 2.45) is 0 Å². The molecule has 0 amide bonds. The Morgan fingerprint density at radius 3 is 2.14 bits per heavy atom. The zero-order valence-electron chi connectivity index (χ0n) is 14.0. The molecule has 0 saturated carbocycles. The third-order valence-corrected chi connectivity index (χ3v) is 4.30. The molecule has 2 aromatic carbocycles. The van der Waals surface area contributed by atoms with Crippen LogP contribution < -0.4 is 4.63 Å². The number of aromatic nitrogens is 4. The minimum absolute atomic E-state index is 0.705. The van der Waals surface area contributed by atoms with E-state index < -0.39 is 7.25 Å². The predicted octanol–water partition coefficient (Wildman–Crippen LogP) is 5.39. The molecule has 0 fully saturated rings. The van der Waals surface area contributed by atoms with E-state index in [1.165, 1.54) is 0 Å². The van der Waals surface area contributed by atoms with Gasteiger partial charge in [0.1, 0.15) is 5.69 Å². The minimum atomic E-state index is -6.00. The average Bonchev–Trinajstić information content (AvgIpc) is 3.01. The van der Waals surface area contributed by atoms with Gasteiger partial charge in [0.15, 0.2) is 0 Å². The molecular weight excluding hydrogens is 462 g/mol. The summed E-state index contributed by atoms with van der Waals surface area (Å²) in [6.07, 6.45) is 1.75. The van der Waals surface area contributed by atoms with Crippen LogP contribution in [0.15, 0.2) is 71.3 Å². The average molecular weight is 473 g/mol. The van der Waals surface area contributed by atoms with Crippen LogP contribution in [0.5, 0.6) is 0 Å². The first-order chi connectivity index (χ1) is 13.2. The van der Waals surface area contributed by atoms with Gasteiger partial charge in [0.25, 0.3) is 5.69 Å². The van der Waals surface area contributed by atoms with Gasteiger partial charge in [-0.05, 0) is 65.3 Å². The lowest BCUT2D eigenvalue weighted by Gasteiger charge is -1.95. The second-order valence-corrected chi connectivity index (χ2v) is 6.87. The summed E-state index contributed by atoms with van der Waals surface area (Å²) in [4.78, 5) is 1.78. The third kappa shape index (κ3) is 5.08. The van der Waals surface area contributed by atoms with Crippen molar-refractivity contribution in [3.8, 4) is 16.9 Å². The standard InChI is InChI=1S/C17H11BrClN4.BF4/c18-13-5-9-15(10-6-13)22-21-17(12-3-7-14(19)8-4-12)16-2-1-11-20-23(16)22;2-1(3,4)5/h1-11H;/q+1;-1. The molecule has 0 atom stereocenters. The molecule has 0 spiro atoms. The van der Waals surface area contributed by atoms with Gasteiger partial charge in [0.2, 0.25) is 5.52 Å². The molecule has 0 bridgehead atoms. The summed E-state index contributed by atoms with van der Waals surface area (Å²) in [5.41, 5.74) is 3.72. The quantitative estimate of drug-likeness (QED) is 0.222. The van der Waals surface area contributed by atoms with E-state index in [1.807, 2.05) is 60.7 Å². The maximum absolute atomic E-state index is 9.75. The first-order valence-corrected chi connectivity index (χ1v) is 9.05. The van der Waals surface area contributed by atoms with Gasteiger partial charge < -0.3 is 17.3 Å². The molecular formula is C17H11BBrClF4N4. The second kappa shape index (κ2) is 8.28. The SMILES string of the molecule is Clc1ccc(-c2nn(-c3ccc(Br)cc3)[n+]3ncccc23)cc1.F[B-](F)(F)F. The van der Waals surface area contributed by atoms with Gasteiger partial charge in [0.05, 0.1) is 11.3 Å². The second-order valence-electron chi connectivity index (χ2n) is 5.51. The van der Waals surface area contributed by atoms with Gasteiger partial charge in [-0.3, -0.25) is 0 Å². The Labute approximate surface area is 170 Å². The fourth-order valence-electron chi connectivity index (χ4n) is 2.43. The molecule has 0 unspecified atom stereocenters. The Kier molecular flexibility index (Phi) is 6.00. The molecule has 0 radical (unpaired) electrons. The van der Waals surface area contributed by atoms with Crippen molar-refractivity contribution in [1.29, 1.82) is 0 Å². The van der Waals surface area contributed by atoms with Crippen LogP contribution in [0.2, 0.25) is 5.02 Å². The Morgan fingerprint density at radius 2 is 1.54 bits per heavy atom. The number of halogens is 6. The maximum atomic E-state index is 9.75. The fourth-order valence-corrected chi connectivity index (χ4v) is 2.82. The van der Waals surface area contributed by atoms with Gasteiger partial charge in [-0.1, -0.05) is 32.6 Å². The van der Waals surface area contributed by atoms with Crippen LogP contribution in [-0.2, 0) is 0 Å². The van der Waals surface area contributed by atoms with Crippen molar-refractivity contribution in [2.75, 3.05) is 0 Å². The van der Waals surface area contributed by atoms with Crippen molar-refractivity contribution in [3.05, 3.63) is 76.4 Å². The van der Waals surface area contributed by atoms with Crippen LogP contribution in [0.4, 0.5) is 17.3 Å². The number of rotatable bonds is 2. The van der Waals surface area contributed by atoms with Crippen molar-refractivity contribution in [3.63, 3.8) is 0 Å². The molecule has 2 aromatic heterocycles. The van der Waals surface area contributed by atoms with Gasteiger partial charge in [-0.25, -0.2) is 0 Å². The molecule has 2 heterocycles. The predicted molar refractivity (Wildman–Crippen MR) is 103 cm³/mol. The molecule has 11 heteroatoms. The smallest absolute Gasteiger partial charge is 0.418 e. The largest absolute Gasteiger partial charge is 0.673 e. The van der Waals surface area contributed by atoms with E-state index >= 15 is 0 Å². The van der Waals surface area contributed by atoms with E-state index in [0.29, 0.717) is 5.02 Å². The highest BCUT2D eigenvalue weighted by Gasteiger charge is 2.23. The first kappa shape index (κ1) is 20.3. The van der Waals surface area contributed by atoms with E-state index in [9.17, 15) is 17.3 Å². The van der Waals surface area contributed by atoms with Gasteiger partial charge in [0, 0.05) is 19.9 Å². The zero-order valence-corrected chi connectivity index (χ0v) is 16.3. The fraction of sp³-hybridized carbons (Fsp3) is 0. The van der Waals surface area contributed by atoms with Crippen LogP contribution in [0.3, 0.4) is 0 Å². The molecule has 0 aliphatic heterocycles. The molecule has 0 N–H and O–H groups in total. The van der Waals surface area contributed by atoms with E-state index in [1.54, 1.807) is 15.6 Å². The summed E-state index contributed by atoms with van der Waals surface area (Å²) in [7, 11) is -6.00. The van der Waals surface area contributed by atoms with Crippen LogP contribution in [0, 0.1) is 0 Å². The van der Waals surface area contributed by atoms with E-state index in [-0.39, 0.29) is 0 Å². The normalized spacial score (nSPS) is 11.2. The third-order valence-electron chi connectivity index (χ3n) is 3.52. The van der Waals surface area contributed by atoms with E-state index in [4.69, 9.17) is 16.7 Å². The highest BCUT2D eigenvalue weighted by atomic mass is 79.9. The summed E-state index contributed by atoms with van der Waals surface area (Å²) >= 11 is 9.44. The Bertz CT molecular complexity index is 1000. The topological polar surface area (TPSA) is 34.8 Å². The molecule has 4 rings (SSSR count). The van der Waals surface area contributed by atoms with Crippen LogP contribution >= 0.6 is 27.5 Å². The Hall–Kier alpha value is -2.46. The maximum Gasteiger partial charge on any atom is 0.673 e. The number of benzene rings is 2. The molecule has 0 saturated heterocycles. The van der Waals surface area contributed by atoms with E-state index in [0.717, 1.165) is 26.9 Å². The summed E-state index contributed by atoms with van der Waals surface area (Å²) in [5, 5.41) is 9.88. The monoisotopic (exact) mass is 472 g/mol. The zero-order chi connectivity index (χ0) is 20.3. The summed E-state index contributed by atoms with van der Waals surface area (Å²) in [6, 6.07) is 19.5. The summed E-state index contributed by atoms with van der Waals surface area (Å²) in [5.74, 6) is 0. The molecule has 144 valence electrons. The molecule has 0 aliphatic carbocycles. The number of nitrogens with zero attached hydrogens (tertiary/aromatic N) is 4. The molecule has 28 heavy (non-hydrogen) atoms. The minimum Gasteiger partial charge on any atom is -0.418 e. The lowest BCUT2D eigenvalue weighted by molar-refractivity contribution is -0.664. The summed E-state index contributed by atoms with van der Waals surface area (Å²) < 4.78 is 41.8. The molecule has 4 nitrogen and oxygen atoms in total. The van der Waals surface area contributed by atoms with Crippen molar-refractivity contribution in [1.82, 2.24) is 15.0 Å². The van der Waals surface area contributed by atoms with Crippen LogP contribution in [-0.4, -0.2) is 22.2 Å². The highest BCUT2D eigenvalue weighted by Crippen LogP contribution is 2.23. The van der Waals surface area contributed by atoms with Gasteiger partial charge in [-0.15, -0.1) is 0 Å². The van der Waals surface area contributed by atoms with Crippen molar-refractivity contribution in [2.45, 2.75) is 0 Å². The van der Waals surface area contributed by atoms with Gasteiger partial charge >= 0.3 is 7.25 Å². The Morgan fingerprint density at radius 1 is 0.929 bits per heavy atom. The lowest BCUT2D eigenvalue weighted by Crippen LogP contribution is -2.35. The van der Waals surface area contributed by atoms with Gasteiger partial charge in [-0.2, -0.15) is 0 Å².